The van der Waals surface area contributed by atoms with Gasteiger partial charge in [0.1, 0.15) is 5.75 Å². The van der Waals surface area contributed by atoms with Crippen molar-refractivity contribution in [1.29, 1.82) is 0 Å². The molecule has 0 saturated heterocycles. The monoisotopic (exact) mass is 394 g/mol. The highest BCUT2D eigenvalue weighted by Gasteiger charge is 2.28. The zero-order valence-electron chi connectivity index (χ0n) is 18.8. The molecule has 0 aliphatic heterocycles. The molecule has 0 fully saturated rings. The zero-order valence-corrected chi connectivity index (χ0v) is 18.8. The van der Waals surface area contributed by atoms with Crippen LogP contribution in [0.5, 0.6) is 5.75 Å². The summed E-state index contributed by atoms with van der Waals surface area (Å²) < 4.78 is 0. The van der Waals surface area contributed by atoms with Crippen LogP contribution in [0.2, 0.25) is 0 Å². The summed E-state index contributed by atoms with van der Waals surface area (Å²) in [5, 5.41) is 11.4. The lowest BCUT2D eigenvalue weighted by Crippen LogP contribution is -2.03. The SMILES string of the molecule is CC1=C(C)C(c2ccc(C)cc2-c2cc(C)cc(-c3ccccc3)c2O)C(C)=C1C. The zero-order chi connectivity index (χ0) is 21.6. The first-order chi connectivity index (χ1) is 14.3. The van der Waals surface area contributed by atoms with E-state index in [2.05, 4.69) is 84.0 Å². The number of allylic oxidation sites excluding steroid dienone is 4. The fourth-order valence-corrected chi connectivity index (χ4v) is 4.79. The summed E-state index contributed by atoms with van der Waals surface area (Å²) in [6, 6.07) is 21.0. The van der Waals surface area contributed by atoms with Crippen LogP contribution in [-0.2, 0) is 0 Å². The minimum Gasteiger partial charge on any atom is -0.507 e. The molecule has 0 spiro atoms. The molecule has 1 nitrogen and oxygen atoms in total. The highest BCUT2D eigenvalue weighted by molar-refractivity contribution is 5.85. The molecule has 0 saturated carbocycles. The molecule has 0 bridgehead atoms. The molecule has 0 atom stereocenters. The number of phenolic OH excluding ortho intramolecular Hbond substituents is 1. The van der Waals surface area contributed by atoms with E-state index in [1.165, 1.54) is 33.4 Å². The Morgan fingerprint density at radius 2 is 1.17 bits per heavy atom. The number of rotatable bonds is 3. The van der Waals surface area contributed by atoms with Crippen molar-refractivity contribution < 1.29 is 5.11 Å². The summed E-state index contributed by atoms with van der Waals surface area (Å²) in [5.74, 6) is 0.619. The fraction of sp³-hybridized carbons (Fsp3) is 0.241. The van der Waals surface area contributed by atoms with Crippen LogP contribution < -0.4 is 0 Å². The van der Waals surface area contributed by atoms with Crippen molar-refractivity contribution in [2.45, 2.75) is 47.5 Å². The Balaban J connectivity index is 1.98. The van der Waals surface area contributed by atoms with Gasteiger partial charge in [0.15, 0.2) is 0 Å². The molecule has 3 aromatic rings. The van der Waals surface area contributed by atoms with Gasteiger partial charge in [-0.1, -0.05) is 65.2 Å². The first-order valence-corrected chi connectivity index (χ1v) is 10.6. The lowest BCUT2D eigenvalue weighted by Gasteiger charge is -2.22. The molecule has 4 rings (SSSR count). The topological polar surface area (TPSA) is 20.2 Å². The van der Waals surface area contributed by atoms with Crippen molar-refractivity contribution >= 4 is 0 Å². The van der Waals surface area contributed by atoms with Crippen molar-refractivity contribution in [2.75, 3.05) is 0 Å². The Morgan fingerprint density at radius 1 is 0.600 bits per heavy atom. The third kappa shape index (κ3) is 3.29. The minimum atomic E-state index is 0.265. The molecular weight excluding hydrogens is 364 g/mol. The molecule has 0 amide bonds. The first kappa shape index (κ1) is 20.2. The molecular formula is C29H30O. The molecule has 1 heteroatoms. The van der Waals surface area contributed by atoms with Gasteiger partial charge < -0.3 is 5.11 Å². The molecule has 0 aromatic heterocycles. The maximum absolute atomic E-state index is 11.4. The van der Waals surface area contributed by atoms with Crippen molar-refractivity contribution in [3.05, 3.63) is 99.6 Å². The maximum Gasteiger partial charge on any atom is 0.131 e. The fourth-order valence-electron chi connectivity index (χ4n) is 4.79. The summed E-state index contributed by atoms with van der Waals surface area (Å²) in [6.07, 6.45) is 0. The normalized spacial score (nSPS) is 14.7. The molecule has 0 heterocycles. The van der Waals surface area contributed by atoms with E-state index in [1.807, 2.05) is 18.2 Å². The first-order valence-electron chi connectivity index (χ1n) is 10.6. The molecule has 30 heavy (non-hydrogen) atoms. The number of aromatic hydroxyl groups is 1. The Kier molecular flexibility index (Phi) is 5.15. The van der Waals surface area contributed by atoms with E-state index < -0.39 is 0 Å². The number of benzene rings is 3. The van der Waals surface area contributed by atoms with Gasteiger partial charge in [-0.05, 0) is 87.1 Å². The lowest BCUT2D eigenvalue weighted by atomic mass is 9.82. The van der Waals surface area contributed by atoms with Gasteiger partial charge in [-0.25, -0.2) is 0 Å². The molecule has 3 aromatic carbocycles. The third-order valence-corrected chi connectivity index (χ3v) is 6.76. The van der Waals surface area contributed by atoms with Crippen LogP contribution in [0.1, 0.15) is 50.3 Å². The smallest absolute Gasteiger partial charge is 0.131 e. The Bertz CT molecular complexity index is 1170. The average molecular weight is 395 g/mol. The second kappa shape index (κ2) is 7.65. The summed E-state index contributed by atoms with van der Waals surface area (Å²) in [6.45, 7) is 13.2. The molecule has 1 aliphatic carbocycles. The molecule has 0 unspecified atom stereocenters. The molecule has 1 aliphatic rings. The predicted molar refractivity (Wildman–Crippen MR) is 128 cm³/mol. The quantitative estimate of drug-likeness (QED) is 0.475. The number of hydrogen-bond acceptors (Lipinski definition) is 1. The number of phenols is 1. The van der Waals surface area contributed by atoms with Gasteiger partial charge in [-0.2, -0.15) is 0 Å². The Morgan fingerprint density at radius 3 is 1.80 bits per heavy atom. The number of hydrogen-bond donors (Lipinski definition) is 1. The van der Waals surface area contributed by atoms with Gasteiger partial charge in [-0.3, -0.25) is 0 Å². The minimum absolute atomic E-state index is 0.265. The van der Waals surface area contributed by atoms with Gasteiger partial charge >= 0.3 is 0 Å². The maximum atomic E-state index is 11.4. The van der Waals surface area contributed by atoms with E-state index in [0.29, 0.717) is 5.75 Å². The third-order valence-electron chi connectivity index (χ3n) is 6.76. The van der Waals surface area contributed by atoms with Gasteiger partial charge in [0.25, 0.3) is 0 Å². The van der Waals surface area contributed by atoms with Crippen LogP contribution in [-0.4, -0.2) is 5.11 Å². The van der Waals surface area contributed by atoms with E-state index in [-0.39, 0.29) is 5.92 Å². The Hall–Kier alpha value is -3.06. The van der Waals surface area contributed by atoms with Crippen LogP contribution >= 0.6 is 0 Å². The van der Waals surface area contributed by atoms with Crippen LogP contribution in [0.15, 0.2) is 83.0 Å². The molecule has 0 radical (unpaired) electrons. The van der Waals surface area contributed by atoms with Crippen LogP contribution in [0.4, 0.5) is 0 Å². The summed E-state index contributed by atoms with van der Waals surface area (Å²) in [4.78, 5) is 0. The van der Waals surface area contributed by atoms with Crippen molar-refractivity contribution in [3.8, 4) is 28.0 Å². The standard InChI is InChI=1S/C29H30O/c1-17-12-13-24(28-21(5)19(3)20(4)22(28)6)26(14-17)27-16-18(2)15-25(29(27)30)23-10-8-7-9-11-23/h7-16,28,30H,1-6H3. The van der Waals surface area contributed by atoms with Gasteiger partial charge in [0, 0.05) is 17.0 Å². The van der Waals surface area contributed by atoms with E-state index in [4.69, 9.17) is 0 Å². The molecule has 152 valence electrons. The average Bonchev–Trinajstić information content (AvgIpc) is 2.93. The van der Waals surface area contributed by atoms with Crippen LogP contribution in [0.25, 0.3) is 22.3 Å². The lowest BCUT2D eigenvalue weighted by molar-refractivity contribution is 0.479. The highest BCUT2D eigenvalue weighted by atomic mass is 16.3. The van der Waals surface area contributed by atoms with Gasteiger partial charge in [0.2, 0.25) is 0 Å². The van der Waals surface area contributed by atoms with E-state index in [1.54, 1.807) is 0 Å². The van der Waals surface area contributed by atoms with Gasteiger partial charge in [0.05, 0.1) is 0 Å². The predicted octanol–water partition coefficient (Wildman–Crippen LogP) is 8.11. The summed E-state index contributed by atoms with van der Waals surface area (Å²) in [5.41, 5.74) is 13.2. The highest BCUT2D eigenvalue weighted by Crippen LogP contribution is 2.48. The van der Waals surface area contributed by atoms with E-state index >= 15 is 0 Å². The number of aryl methyl sites for hydroxylation is 2. The molecule has 1 N–H and O–H groups in total. The second-order valence-corrected chi connectivity index (χ2v) is 8.71. The second-order valence-electron chi connectivity index (χ2n) is 8.71. The summed E-state index contributed by atoms with van der Waals surface area (Å²) in [7, 11) is 0. The van der Waals surface area contributed by atoms with Crippen LogP contribution in [0.3, 0.4) is 0 Å². The van der Waals surface area contributed by atoms with Crippen molar-refractivity contribution in [1.82, 2.24) is 0 Å². The largest absolute Gasteiger partial charge is 0.507 e. The van der Waals surface area contributed by atoms with Crippen molar-refractivity contribution in [2.24, 2.45) is 0 Å². The van der Waals surface area contributed by atoms with Crippen LogP contribution in [0, 0.1) is 13.8 Å². The van der Waals surface area contributed by atoms with E-state index in [9.17, 15) is 5.11 Å². The van der Waals surface area contributed by atoms with E-state index in [0.717, 1.165) is 27.8 Å². The summed E-state index contributed by atoms with van der Waals surface area (Å²) >= 11 is 0. The Labute approximate surface area is 180 Å². The van der Waals surface area contributed by atoms with Gasteiger partial charge in [-0.15, -0.1) is 0 Å². The van der Waals surface area contributed by atoms with Crippen molar-refractivity contribution in [3.63, 3.8) is 0 Å².